The smallest absolute Gasteiger partial charge is 0.0645 e. The van der Waals surface area contributed by atoms with E-state index in [2.05, 4.69) is 18.7 Å². The average molecular weight is 186 g/mol. The van der Waals surface area contributed by atoms with Crippen molar-refractivity contribution in [2.75, 3.05) is 11.5 Å². The van der Waals surface area contributed by atoms with Gasteiger partial charge in [-0.15, -0.1) is 0 Å². The molecule has 1 saturated carbocycles. The molecule has 1 aliphatic heterocycles. The van der Waals surface area contributed by atoms with E-state index in [-0.39, 0.29) is 5.60 Å². The summed E-state index contributed by atoms with van der Waals surface area (Å²) in [5.41, 5.74) is 0.359. The van der Waals surface area contributed by atoms with Gasteiger partial charge >= 0.3 is 0 Å². The van der Waals surface area contributed by atoms with E-state index in [0.717, 1.165) is 19.3 Å². The molecule has 1 aliphatic carbocycles. The number of rotatable bonds is 1. The van der Waals surface area contributed by atoms with E-state index in [1.807, 2.05) is 0 Å². The van der Waals surface area contributed by atoms with Crippen LogP contribution in [0.15, 0.2) is 0 Å². The van der Waals surface area contributed by atoms with Crippen LogP contribution in [0.4, 0.5) is 0 Å². The van der Waals surface area contributed by atoms with Gasteiger partial charge in [-0.05, 0) is 49.0 Å². The van der Waals surface area contributed by atoms with Gasteiger partial charge in [0, 0.05) is 0 Å². The molecule has 70 valence electrons. The Morgan fingerprint density at radius 1 is 1.17 bits per heavy atom. The molecule has 0 radical (unpaired) electrons. The summed E-state index contributed by atoms with van der Waals surface area (Å²) in [6.07, 6.45) is 5.57. The molecule has 2 heteroatoms. The fraction of sp³-hybridized carbons (Fsp3) is 1.00. The maximum atomic E-state index is 10.0. The molecule has 2 aliphatic rings. The third-order valence-electron chi connectivity index (χ3n) is 3.72. The number of aliphatic hydroxyl groups is 1. The zero-order valence-corrected chi connectivity index (χ0v) is 8.62. The summed E-state index contributed by atoms with van der Waals surface area (Å²) in [6, 6.07) is 0. The van der Waals surface area contributed by atoms with Crippen molar-refractivity contribution in [2.24, 2.45) is 5.41 Å². The Kier molecular flexibility index (Phi) is 2.16. The highest BCUT2D eigenvalue weighted by Crippen LogP contribution is 2.51. The topological polar surface area (TPSA) is 20.2 Å². The normalized spacial score (nSPS) is 31.5. The third kappa shape index (κ3) is 1.39. The monoisotopic (exact) mass is 186 g/mol. The lowest BCUT2D eigenvalue weighted by Gasteiger charge is -2.48. The Bertz CT molecular complexity index is 153. The first-order valence-electron chi connectivity index (χ1n) is 4.98. The van der Waals surface area contributed by atoms with Gasteiger partial charge < -0.3 is 5.11 Å². The number of hydrogen-bond acceptors (Lipinski definition) is 2. The highest BCUT2D eigenvalue weighted by Gasteiger charge is 2.44. The lowest BCUT2D eigenvalue weighted by Crippen LogP contribution is -2.45. The SMILES string of the molecule is CCC1(O)CCC2(CC1)CSC2. The maximum absolute atomic E-state index is 10.0. The molecule has 0 aromatic carbocycles. The molecule has 0 unspecified atom stereocenters. The highest BCUT2D eigenvalue weighted by molar-refractivity contribution is 8.00. The van der Waals surface area contributed by atoms with E-state index in [9.17, 15) is 5.11 Å². The van der Waals surface area contributed by atoms with Gasteiger partial charge in [-0.3, -0.25) is 0 Å². The second-order valence-electron chi connectivity index (χ2n) is 4.57. The Balaban J connectivity index is 1.92. The molecule has 2 rings (SSSR count). The third-order valence-corrected chi connectivity index (χ3v) is 5.35. The van der Waals surface area contributed by atoms with Gasteiger partial charge in [0.25, 0.3) is 0 Å². The fourth-order valence-corrected chi connectivity index (χ4v) is 3.64. The van der Waals surface area contributed by atoms with Gasteiger partial charge in [0.15, 0.2) is 0 Å². The standard InChI is InChI=1S/C10H18OS/c1-2-10(11)5-3-9(4-6-10)7-12-8-9/h11H,2-8H2,1H3. The summed E-state index contributed by atoms with van der Waals surface area (Å²) < 4.78 is 0. The summed E-state index contributed by atoms with van der Waals surface area (Å²) in [6.45, 7) is 2.10. The first-order chi connectivity index (χ1) is 5.68. The molecule has 0 aromatic rings. The second-order valence-corrected chi connectivity index (χ2v) is 5.56. The van der Waals surface area contributed by atoms with Crippen LogP contribution in [0.1, 0.15) is 39.0 Å². The van der Waals surface area contributed by atoms with Crippen LogP contribution in [0.2, 0.25) is 0 Å². The van der Waals surface area contributed by atoms with E-state index in [1.165, 1.54) is 24.3 Å². The van der Waals surface area contributed by atoms with Crippen molar-refractivity contribution in [2.45, 2.75) is 44.6 Å². The molecule has 0 amide bonds. The van der Waals surface area contributed by atoms with Crippen molar-refractivity contribution in [1.29, 1.82) is 0 Å². The Morgan fingerprint density at radius 3 is 2.08 bits per heavy atom. The van der Waals surface area contributed by atoms with E-state index in [0.29, 0.717) is 5.41 Å². The minimum atomic E-state index is -0.300. The predicted octanol–water partition coefficient (Wildman–Crippen LogP) is 2.43. The molecule has 1 heterocycles. The molecule has 1 saturated heterocycles. The van der Waals surface area contributed by atoms with E-state index in [4.69, 9.17) is 0 Å². The molecular weight excluding hydrogens is 168 g/mol. The molecule has 2 fully saturated rings. The van der Waals surface area contributed by atoms with Crippen molar-refractivity contribution in [1.82, 2.24) is 0 Å². The van der Waals surface area contributed by atoms with Crippen LogP contribution < -0.4 is 0 Å². The zero-order valence-electron chi connectivity index (χ0n) is 7.81. The number of hydrogen-bond donors (Lipinski definition) is 1. The van der Waals surface area contributed by atoms with Crippen molar-refractivity contribution in [3.05, 3.63) is 0 Å². The first kappa shape index (κ1) is 8.89. The minimum absolute atomic E-state index is 0.300. The first-order valence-corrected chi connectivity index (χ1v) is 6.14. The predicted molar refractivity (Wildman–Crippen MR) is 53.5 cm³/mol. The van der Waals surface area contributed by atoms with Crippen molar-refractivity contribution >= 4 is 11.8 Å². The van der Waals surface area contributed by atoms with Gasteiger partial charge in [-0.1, -0.05) is 6.92 Å². The van der Waals surface area contributed by atoms with Gasteiger partial charge in [-0.2, -0.15) is 11.8 Å². The molecule has 0 atom stereocenters. The summed E-state index contributed by atoms with van der Waals surface area (Å²) >= 11 is 2.07. The van der Waals surface area contributed by atoms with Crippen LogP contribution in [0, 0.1) is 5.41 Å². The van der Waals surface area contributed by atoms with Crippen LogP contribution >= 0.6 is 11.8 Å². The van der Waals surface area contributed by atoms with Crippen molar-refractivity contribution in [3.8, 4) is 0 Å². The molecule has 1 nitrogen and oxygen atoms in total. The van der Waals surface area contributed by atoms with Crippen LogP contribution in [0.5, 0.6) is 0 Å². The minimum Gasteiger partial charge on any atom is -0.390 e. The summed E-state index contributed by atoms with van der Waals surface area (Å²) in [4.78, 5) is 0. The summed E-state index contributed by atoms with van der Waals surface area (Å²) in [5, 5.41) is 10.0. The van der Waals surface area contributed by atoms with E-state index in [1.54, 1.807) is 0 Å². The highest BCUT2D eigenvalue weighted by atomic mass is 32.2. The Labute approximate surface area is 78.9 Å². The summed E-state index contributed by atoms with van der Waals surface area (Å²) in [5.74, 6) is 2.71. The van der Waals surface area contributed by atoms with E-state index >= 15 is 0 Å². The Hall–Kier alpha value is 0.310. The number of thioether (sulfide) groups is 1. The molecule has 1 N–H and O–H groups in total. The van der Waals surface area contributed by atoms with Gasteiger partial charge in [0.1, 0.15) is 0 Å². The molecule has 1 spiro atoms. The lowest BCUT2D eigenvalue weighted by molar-refractivity contribution is -0.0285. The van der Waals surface area contributed by atoms with Crippen LogP contribution in [-0.2, 0) is 0 Å². The van der Waals surface area contributed by atoms with Gasteiger partial charge in [-0.25, -0.2) is 0 Å². The fourth-order valence-electron chi connectivity index (χ4n) is 2.28. The van der Waals surface area contributed by atoms with Crippen LogP contribution in [0.3, 0.4) is 0 Å². The maximum Gasteiger partial charge on any atom is 0.0645 e. The zero-order chi connectivity index (χ0) is 8.66. The average Bonchev–Trinajstić information content (AvgIpc) is 2.04. The van der Waals surface area contributed by atoms with Crippen molar-refractivity contribution in [3.63, 3.8) is 0 Å². The Morgan fingerprint density at radius 2 is 1.75 bits per heavy atom. The van der Waals surface area contributed by atoms with E-state index < -0.39 is 0 Å². The molecule has 0 aromatic heterocycles. The molecular formula is C10H18OS. The lowest BCUT2D eigenvalue weighted by atomic mass is 9.69. The summed E-state index contributed by atoms with van der Waals surface area (Å²) in [7, 11) is 0. The quantitative estimate of drug-likeness (QED) is 0.678. The van der Waals surface area contributed by atoms with Crippen LogP contribution in [-0.4, -0.2) is 22.2 Å². The van der Waals surface area contributed by atoms with Gasteiger partial charge in [0.2, 0.25) is 0 Å². The van der Waals surface area contributed by atoms with Crippen molar-refractivity contribution < 1.29 is 5.11 Å². The van der Waals surface area contributed by atoms with Crippen LogP contribution in [0.25, 0.3) is 0 Å². The molecule has 12 heavy (non-hydrogen) atoms. The second kappa shape index (κ2) is 2.91. The molecule has 0 bridgehead atoms. The largest absolute Gasteiger partial charge is 0.390 e. The van der Waals surface area contributed by atoms with Gasteiger partial charge in [0.05, 0.1) is 5.60 Å².